The number of halogens is 2. The summed E-state index contributed by atoms with van der Waals surface area (Å²) in [5, 5.41) is 1.27. The maximum Gasteiger partial charge on any atom is 0.0595 e. The molecule has 0 saturated heterocycles. The van der Waals surface area contributed by atoms with Crippen LogP contribution in [0, 0.1) is 11.8 Å². The van der Waals surface area contributed by atoms with Crippen LogP contribution in [-0.4, -0.2) is 0 Å². The van der Waals surface area contributed by atoms with Crippen molar-refractivity contribution in [1.82, 2.24) is 0 Å². The van der Waals surface area contributed by atoms with Crippen molar-refractivity contribution >= 4 is 23.2 Å². The second-order valence-corrected chi connectivity index (χ2v) is 6.41. The lowest BCUT2D eigenvalue weighted by atomic mass is 9.85. The van der Waals surface area contributed by atoms with Crippen LogP contribution in [0.4, 0.5) is 0 Å². The molecule has 0 aliphatic rings. The molecule has 0 fully saturated rings. The Bertz CT molecular complexity index is 549. The molecule has 0 nitrogen and oxygen atoms in total. The monoisotopic (exact) mass is 306 g/mol. The van der Waals surface area contributed by atoms with E-state index in [0.717, 1.165) is 12.8 Å². The predicted octanol–water partition coefficient (Wildman–Crippen LogP) is 6.05. The van der Waals surface area contributed by atoms with Gasteiger partial charge in [-0.25, -0.2) is 0 Å². The SMILES string of the molecule is C[C@H](Cc1ccccc1)[C@H](C)Cc1ccc(Cl)c(Cl)c1. The highest BCUT2D eigenvalue weighted by Gasteiger charge is 2.14. The van der Waals surface area contributed by atoms with Crippen LogP contribution in [-0.2, 0) is 12.8 Å². The predicted molar refractivity (Wildman–Crippen MR) is 88.6 cm³/mol. The Morgan fingerprint density at radius 1 is 0.750 bits per heavy atom. The van der Waals surface area contributed by atoms with Gasteiger partial charge in [-0.05, 0) is 47.9 Å². The molecule has 106 valence electrons. The Kier molecular flexibility index (Phi) is 5.51. The van der Waals surface area contributed by atoms with Crippen molar-refractivity contribution < 1.29 is 0 Å². The zero-order valence-corrected chi connectivity index (χ0v) is 13.5. The number of benzene rings is 2. The van der Waals surface area contributed by atoms with Gasteiger partial charge in [-0.2, -0.15) is 0 Å². The van der Waals surface area contributed by atoms with Crippen LogP contribution in [0.25, 0.3) is 0 Å². The van der Waals surface area contributed by atoms with Crippen molar-refractivity contribution in [3.8, 4) is 0 Å². The van der Waals surface area contributed by atoms with Crippen molar-refractivity contribution in [3.05, 3.63) is 69.7 Å². The lowest BCUT2D eigenvalue weighted by molar-refractivity contribution is 0.383. The van der Waals surface area contributed by atoms with Gasteiger partial charge in [-0.15, -0.1) is 0 Å². The maximum absolute atomic E-state index is 6.07. The van der Waals surface area contributed by atoms with Gasteiger partial charge in [0.25, 0.3) is 0 Å². The molecule has 20 heavy (non-hydrogen) atoms. The Balaban J connectivity index is 1.96. The summed E-state index contributed by atoms with van der Waals surface area (Å²) < 4.78 is 0. The summed E-state index contributed by atoms with van der Waals surface area (Å²) in [6, 6.07) is 16.6. The largest absolute Gasteiger partial charge is 0.0827 e. The van der Waals surface area contributed by atoms with Gasteiger partial charge in [0, 0.05) is 0 Å². The number of hydrogen-bond donors (Lipinski definition) is 0. The quantitative estimate of drug-likeness (QED) is 0.630. The van der Waals surface area contributed by atoms with E-state index in [1.807, 2.05) is 12.1 Å². The van der Waals surface area contributed by atoms with Crippen molar-refractivity contribution in [2.24, 2.45) is 11.8 Å². The fraction of sp³-hybridized carbons (Fsp3) is 0.333. The average molecular weight is 307 g/mol. The molecule has 0 amide bonds. The fourth-order valence-corrected chi connectivity index (χ4v) is 2.75. The Morgan fingerprint density at radius 3 is 1.95 bits per heavy atom. The lowest BCUT2D eigenvalue weighted by Gasteiger charge is -2.20. The van der Waals surface area contributed by atoms with Crippen molar-refractivity contribution in [3.63, 3.8) is 0 Å². The van der Waals surface area contributed by atoms with Crippen LogP contribution < -0.4 is 0 Å². The minimum absolute atomic E-state index is 0.604. The van der Waals surface area contributed by atoms with Crippen LogP contribution in [0.5, 0.6) is 0 Å². The molecular weight excluding hydrogens is 287 g/mol. The molecule has 0 spiro atoms. The summed E-state index contributed by atoms with van der Waals surface area (Å²) in [6.07, 6.45) is 2.15. The first kappa shape index (κ1) is 15.4. The van der Waals surface area contributed by atoms with Crippen LogP contribution >= 0.6 is 23.2 Å². The molecule has 0 aliphatic heterocycles. The summed E-state index contributed by atoms with van der Waals surface area (Å²) in [7, 11) is 0. The van der Waals surface area contributed by atoms with Gasteiger partial charge >= 0.3 is 0 Å². The first-order valence-electron chi connectivity index (χ1n) is 7.04. The average Bonchev–Trinajstić information content (AvgIpc) is 2.44. The number of hydrogen-bond acceptors (Lipinski definition) is 0. The molecule has 0 aromatic heterocycles. The Labute approximate surface area is 131 Å². The topological polar surface area (TPSA) is 0 Å². The first-order valence-corrected chi connectivity index (χ1v) is 7.79. The highest BCUT2D eigenvalue weighted by atomic mass is 35.5. The van der Waals surface area contributed by atoms with E-state index in [2.05, 4.69) is 50.2 Å². The molecule has 2 aromatic rings. The highest BCUT2D eigenvalue weighted by molar-refractivity contribution is 6.42. The zero-order valence-electron chi connectivity index (χ0n) is 11.9. The lowest BCUT2D eigenvalue weighted by Crippen LogP contribution is -2.13. The van der Waals surface area contributed by atoms with E-state index >= 15 is 0 Å². The molecule has 2 aromatic carbocycles. The normalized spacial score (nSPS) is 14.0. The van der Waals surface area contributed by atoms with Crippen molar-refractivity contribution in [1.29, 1.82) is 0 Å². The van der Waals surface area contributed by atoms with Gasteiger partial charge in [-0.3, -0.25) is 0 Å². The van der Waals surface area contributed by atoms with Crippen molar-refractivity contribution in [2.75, 3.05) is 0 Å². The van der Waals surface area contributed by atoms with E-state index in [4.69, 9.17) is 23.2 Å². The molecule has 0 radical (unpaired) electrons. The summed E-state index contributed by atoms with van der Waals surface area (Å²) in [5.41, 5.74) is 2.66. The molecule has 2 heteroatoms. The van der Waals surface area contributed by atoms with Crippen LogP contribution in [0.1, 0.15) is 25.0 Å². The second-order valence-electron chi connectivity index (χ2n) is 5.60. The van der Waals surface area contributed by atoms with E-state index in [1.165, 1.54) is 11.1 Å². The maximum atomic E-state index is 6.07. The fourth-order valence-electron chi connectivity index (χ4n) is 2.43. The molecule has 0 heterocycles. The van der Waals surface area contributed by atoms with Gasteiger partial charge in [0.2, 0.25) is 0 Å². The number of rotatable bonds is 5. The summed E-state index contributed by atoms with van der Waals surface area (Å²) >= 11 is 12.0. The van der Waals surface area contributed by atoms with E-state index in [-0.39, 0.29) is 0 Å². The Morgan fingerprint density at radius 2 is 1.35 bits per heavy atom. The third-order valence-corrected chi connectivity index (χ3v) is 4.65. The van der Waals surface area contributed by atoms with E-state index in [9.17, 15) is 0 Å². The third kappa shape index (κ3) is 4.26. The minimum atomic E-state index is 0.604. The second kappa shape index (κ2) is 7.15. The van der Waals surface area contributed by atoms with Crippen LogP contribution in [0.2, 0.25) is 10.0 Å². The van der Waals surface area contributed by atoms with E-state index in [1.54, 1.807) is 0 Å². The molecule has 0 bridgehead atoms. The van der Waals surface area contributed by atoms with Gasteiger partial charge in [0.15, 0.2) is 0 Å². The standard InChI is InChI=1S/C18H20Cl2/c1-13(10-15-6-4-3-5-7-15)14(2)11-16-8-9-17(19)18(20)12-16/h3-9,12-14H,10-11H2,1-2H3/t13-,14-/m1/s1. The molecule has 0 aliphatic carbocycles. The van der Waals surface area contributed by atoms with Gasteiger partial charge in [0.05, 0.1) is 10.0 Å². The first-order chi connectivity index (χ1) is 9.56. The molecule has 2 rings (SSSR count). The molecule has 0 unspecified atom stereocenters. The Hall–Kier alpha value is -0.980. The van der Waals surface area contributed by atoms with Gasteiger partial charge in [-0.1, -0.05) is 73.4 Å². The minimum Gasteiger partial charge on any atom is -0.0827 e. The van der Waals surface area contributed by atoms with Gasteiger partial charge in [0.1, 0.15) is 0 Å². The molecule has 0 saturated carbocycles. The van der Waals surface area contributed by atoms with Crippen LogP contribution in [0.15, 0.2) is 48.5 Å². The smallest absolute Gasteiger partial charge is 0.0595 e. The van der Waals surface area contributed by atoms with Gasteiger partial charge < -0.3 is 0 Å². The van der Waals surface area contributed by atoms with Crippen LogP contribution in [0.3, 0.4) is 0 Å². The summed E-state index contributed by atoms with van der Waals surface area (Å²) in [4.78, 5) is 0. The van der Waals surface area contributed by atoms with E-state index in [0.29, 0.717) is 21.9 Å². The highest BCUT2D eigenvalue weighted by Crippen LogP contribution is 2.26. The summed E-state index contributed by atoms with van der Waals surface area (Å²) in [5.74, 6) is 1.24. The third-order valence-electron chi connectivity index (χ3n) is 3.91. The molecular formula is C18H20Cl2. The summed E-state index contributed by atoms with van der Waals surface area (Å²) in [6.45, 7) is 4.62. The molecule has 0 N–H and O–H groups in total. The zero-order chi connectivity index (χ0) is 14.5. The molecule has 2 atom stereocenters. The van der Waals surface area contributed by atoms with E-state index < -0.39 is 0 Å². The van der Waals surface area contributed by atoms with Crippen molar-refractivity contribution in [2.45, 2.75) is 26.7 Å².